The number of halogens is 1. The summed E-state index contributed by atoms with van der Waals surface area (Å²) in [7, 11) is 0. The van der Waals surface area contributed by atoms with Gasteiger partial charge in [0.2, 0.25) is 0 Å². The standard InChI is InChI=1S/C15H18INS/c1-15(2,3)14-8-7-13(18-14)10-17-12-6-4-5-11(16)9-12/h4-9,17H,10H2,1-3H3. The lowest BCUT2D eigenvalue weighted by atomic mass is 9.95. The van der Waals surface area contributed by atoms with E-state index in [9.17, 15) is 0 Å². The van der Waals surface area contributed by atoms with Crippen molar-refractivity contribution in [3.63, 3.8) is 0 Å². The summed E-state index contributed by atoms with van der Waals surface area (Å²) in [6, 6.07) is 12.9. The lowest BCUT2D eigenvalue weighted by molar-refractivity contribution is 0.604. The Hall–Kier alpha value is -0.550. The highest BCUT2D eigenvalue weighted by Gasteiger charge is 2.15. The van der Waals surface area contributed by atoms with Crippen LogP contribution in [0.1, 0.15) is 30.5 Å². The van der Waals surface area contributed by atoms with Crippen LogP contribution >= 0.6 is 33.9 Å². The molecule has 3 heteroatoms. The zero-order valence-electron chi connectivity index (χ0n) is 11.0. The van der Waals surface area contributed by atoms with Gasteiger partial charge in [-0.1, -0.05) is 26.8 Å². The molecule has 2 aromatic rings. The quantitative estimate of drug-likeness (QED) is 0.726. The van der Waals surface area contributed by atoms with Crippen molar-refractivity contribution in [2.75, 3.05) is 5.32 Å². The van der Waals surface area contributed by atoms with Crippen LogP contribution in [0.2, 0.25) is 0 Å². The largest absolute Gasteiger partial charge is 0.380 e. The first-order valence-electron chi connectivity index (χ1n) is 6.04. The summed E-state index contributed by atoms with van der Waals surface area (Å²) in [4.78, 5) is 2.83. The van der Waals surface area contributed by atoms with E-state index in [0.29, 0.717) is 0 Å². The summed E-state index contributed by atoms with van der Waals surface area (Å²) in [5.41, 5.74) is 1.44. The molecule has 2 rings (SSSR count). The van der Waals surface area contributed by atoms with Crippen molar-refractivity contribution in [1.82, 2.24) is 0 Å². The molecule has 0 saturated heterocycles. The van der Waals surface area contributed by atoms with E-state index in [1.165, 1.54) is 19.0 Å². The van der Waals surface area contributed by atoms with Crippen molar-refractivity contribution in [2.45, 2.75) is 32.7 Å². The normalized spacial score (nSPS) is 11.6. The fraction of sp³-hybridized carbons (Fsp3) is 0.333. The van der Waals surface area contributed by atoms with Gasteiger partial charge in [-0.2, -0.15) is 0 Å². The highest BCUT2D eigenvalue weighted by Crippen LogP contribution is 2.29. The molecule has 0 unspecified atom stereocenters. The Morgan fingerprint density at radius 2 is 1.94 bits per heavy atom. The first-order chi connectivity index (χ1) is 8.45. The summed E-state index contributed by atoms with van der Waals surface area (Å²) in [5, 5.41) is 3.47. The molecule has 0 bridgehead atoms. The lowest BCUT2D eigenvalue weighted by Crippen LogP contribution is -2.07. The van der Waals surface area contributed by atoms with Crippen molar-refractivity contribution in [1.29, 1.82) is 0 Å². The maximum absolute atomic E-state index is 3.47. The third-order valence-corrected chi connectivity index (χ3v) is 4.87. The molecule has 0 fully saturated rings. The number of anilines is 1. The Morgan fingerprint density at radius 3 is 2.56 bits per heavy atom. The first kappa shape index (κ1) is 13.9. The maximum Gasteiger partial charge on any atom is 0.0494 e. The molecule has 0 amide bonds. The van der Waals surface area contributed by atoms with E-state index in [1.807, 2.05) is 11.3 Å². The highest BCUT2D eigenvalue weighted by molar-refractivity contribution is 14.1. The molecular formula is C15H18INS. The topological polar surface area (TPSA) is 12.0 Å². The predicted octanol–water partition coefficient (Wildman–Crippen LogP) is 5.26. The molecule has 1 heterocycles. The number of hydrogen-bond donors (Lipinski definition) is 1. The fourth-order valence-corrected chi connectivity index (χ4v) is 3.21. The molecule has 1 aromatic carbocycles. The average Bonchev–Trinajstić information content (AvgIpc) is 2.74. The number of thiophene rings is 1. The SMILES string of the molecule is CC(C)(C)c1ccc(CNc2cccc(I)c2)s1. The minimum atomic E-state index is 0.255. The number of rotatable bonds is 3. The number of benzene rings is 1. The predicted molar refractivity (Wildman–Crippen MR) is 89.5 cm³/mol. The van der Waals surface area contributed by atoms with Crippen molar-refractivity contribution >= 4 is 39.6 Å². The number of hydrogen-bond acceptors (Lipinski definition) is 2. The van der Waals surface area contributed by atoms with Gasteiger partial charge in [0.1, 0.15) is 0 Å². The van der Waals surface area contributed by atoms with Crippen LogP contribution in [0.4, 0.5) is 5.69 Å². The summed E-state index contributed by atoms with van der Waals surface area (Å²) < 4.78 is 1.26. The monoisotopic (exact) mass is 371 g/mol. The van der Waals surface area contributed by atoms with Gasteiger partial charge in [-0.25, -0.2) is 0 Å². The van der Waals surface area contributed by atoms with Gasteiger partial charge in [-0.3, -0.25) is 0 Å². The molecular weight excluding hydrogens is 353 g/mol. The van der Waals surface area contributed by atoms with Gasteiger partial charge in [0, 0.05) is 25.6 Å². The molecule has 0 aliphatic rings. The molecule has 1 aromatic heterocycles. The van der Waals surface area contributed by atoms with Crippen LogP contribution in [0.3, 0.4) is 0 Å². The van der Waals surface area contributed by atoms with Crippen molar-refractivity contribution in [3.8, 4) is 0 Å². The minimum absolute atomic E-state index is 0.255. The Bertz CT molecular complexity index is 525. The second kappa shape index (κ2) is 5.61. The molecule has 18 heavy (non-hydrogen) atoms. The van der Waals surface area contributed by atoms with Gasteiger partial charge in [0.05, 0.1) is 0 Å². The molecule has 0 saturated carbocycles. The van der Waals surface area contributed by atoms with E-state index in [2.05, 4.69) is 85.1 Å². The first-order valence-corrected chi connectivity index (χ1v) is 7.93. The summed E-state index contributed by atoms with van der Waals surface area (Å²) in [5.74, 6) is 0. The van der Waals surface area contributed by atoms with Gasteiger partial charge in [-0.05, 0) is 58.3 Å². The molecule has 0 radical (unpaired) electrons. The smallest absolute Gasteiger partial charge is 0.0494 e. The molecule has 96 valence electrons. The molecule has 0 atom stereocenters. The van der Waals surface area contributed by atoms with E-state index >= 15 is 0 Å². The van der Waals surface area contributed by atoms with E-state index in [0.717, 1.165) is 6.54 Å². The summed E-state index contributed by atoms with van der Waals surface area (Å²) in [6.07, 6.45) is 0. The molecule has 0 aliphatic heterocycles. The minimum Gasteiger partial charge on any atom is -0.380 e. The third-order valence-electron chi connectivity index (χ3n) is 2.69. The van der Waals surface area contributed by atoms with E-state index in [1.54, 1.807) is 0 Å². The second-order valence-corrected chi connectivity index (χ2v) is 7.79. The number of nitrogens with one attached hydrogen (secondary N) is 1. The van der Waals surface area contributed by atoms with Gasteiger partial charge in [-0.15, -0.1) is 11.3 Å². The van der Waals surface area contributed by atoms with Crippen LogP contribution in [-0.2, 0) is 12.0 Å². The molecule has 0 aliphatic carbocycles. The van der Waals surface area contributed by atoms with Crippen molar-refractivity contribution in [2.24, 2.45) is 0 Å². The highest BCUT2D eigenvalue weighted by atomic mass is 127. The van der Waals surface area contributed by atoms with Crippen LogP contribution in [0, 0.1) is 3.57 Å². The summed E-state index contributed by atoms with van der Waals surface area (Å²) in [6.45, 7) is 7.68. The molecule has 0 spiro atoms. The molecule has 1 nitrogen and oxygen atoms in total. The van der Waals surface area contributed by atoms with Gasteiger partial charge in [0.25, 0.3) is 0 Å². The lowest BCUT2D eigenvalue weighted by Gasteiger charge is -2.15. The van der Waals surface area contributed by atoms with Crippen LogP contribution < -0.4 is 5.32 Å². The zero-order chi connectivity index (χ0) is 13.2. The van der Waals surface area contributed by atoms with Gasteiger partial charge in [0.15, 0.2) is 0 Å². The zero-order valence-corrected chi connectivity index (χ0v) is 13.9. The molecule has 1 N–H and O–H groups in total. The van der Waals surface area contributed by atoms with Crippen LogP contribution in [0.15, 0.2) is 36.4 Å². The third kappa shape index (κ3) is 3.72. The Morgan fingerprint density at radius 1 is 1.17 bits per heavy atom. The Balaban J connectivity index is 2.01. The average molecular weight is 371 g/mol. The van der Waals surface area contributed by atoms with E-state index in [4.69, 9.17) is 0 Å². The van der Waals surface area contributed by atoms with Crippen LogP contribution in [0.25, 0.3) is 0 Å². The Labute approximate surface area is 127 Å². The van der Waals surface area contributed by atoms with E-state index < -0.39 is 0 Å². The fourth-order valence-electron chi connectivity index (χ4n) is 1.66. The van der Waals surface area contributed by atoms with Crippen molar-refractivity contribution in [3.05, 3.63) is 49.7 Å². The van der Waals surface area contributed by atoms with Gasteiger partial charge < -0.3 is 5.32 Å². The second-order valence-electron chi connectivity index (χ2n) is 5.38. The maximum atomic E-state index is 3.47. The summed E-state index contributed by atoms with van der Waals surface area (Å²) >= 11 is 4.24. The Kier molecular flexibility index (Phi) is 4.33. The van der Waals surface area contributed by atoms with Gasteiger partial charge >= 0.3 is 0 Å². The van der Waals surface area contributed by atoms with Crippen LogP contribution in [-0.4, -0.2) is 0 Å². The van der Waals surface area contributed by atoms with Crippen molar-refractivity contribution < 1.29 is 0 Å². The van der Waals surface area contributed by atoms with Crippen LogP contribution in [0.5, 0.6) is 0 Å². The van der Waals surface area contributed by atoms with E-state index in [-0.39, 0.29) is 5.41 Å².